The smallest absolute Gasteiger partial charge is 0.356 e. The first-order valence-corrected chi connectivity index (χ1v) is 9.25. The molecule has 0 aliphatic rings. The van der Waals surface area contributed by atoms with E-state index in [0.29, 0.717) is 36.0 Å². The lowest BCUT2D eigenvalue weighted by atomic mass is 10.2. The lowest BCUT2D eigenvalue weighted by Gasteiger charge is -2.30. The molecule has 0 saturated carbocycles. The van der Waals surface area contributed by atoms with Gasteiger partial charge >= 0.3 is 6.18 Å². The summed E-state index contributed by atoms with van der Waals surface area (Å²) in [6, 6.07) is 0.925. The second kappa shape index (κ2) is 9.96. The van der Waals surface area contributed by atoms with Gasteiger partial charge in [-0.3, -0.25) is 9.89 Å². The lowest BCUT2D eigenvalue weighted by Crippen LogP contribution is -2.45. The van der Waals surface area contributed by atoms with Gasteiger partial charge in [0.25, 0.3) is 0 Å². The number of nitrogens with one attached hydrogen (secondary N) is 2. The van der Waals surface area contributed by atoms with Crippen molar-refractivity contribution in [3.8, 4) is 0 Å². The predicted octanol–water partition coefficient (Wildman–Crippen LogP) is 2.99. The van der Waals surface area contributed by atoms with Crippen LogP contribution in [0.2, 0.25) is 0 Å². The highest BCUT2D eigenvalue weighted by molar-refractivity contribution is 7.09. The molecule has 25 heavy (non-hydrogen) atoms. The summed E-state index contributed by atoms with van der Waals surface area (Å²) in [6.45, 7) is 10.8. The third-order valence-electron chi connectivity index (χ3n) is 3.69. The normalized spacial score (nSPS) is 13.2. The average molecular weight is 379 g/mol. The number of hydrogen-bond acceptors (Lipinski definition) is 4. The van der Waals surface area contributed by atoms with Crippen LogP contribution < -0.4 is 10.6 Å². The standard InChI is InChI=1S/C16H28F3N5S/c1-11(2)24(12(3)4)9-8-22-15(20-5)21-7-6-14-23-13(10-25-14)16(17,18)19/h10-12H,6-9H2,1-5H3,(H2,20,21,22). The number of halogens is 3. The molecule has 2 N–H and O–H groups in total. The molecular formula is C16H28F3N5S. The van der Waals surface area contributed by atoms with Gasteiger partial charge in [0, 0.05) is 50.6 Å². The minimum Gasteiger partial charge on any atom is -0.356 e. The zero-order valence-corrected chi connectivity index (χ0v) is 16.3. The Morgan fingerprint density at radius 3 is 2.28 bits per heavy atom. The molecule has 1 aromatic heterocycles. The highest BCUT2D eigenvalue weighted by Crippen LogP contribution is 2.29. The minimum atomic E-state index is -4.38. The Labute approximate surface area is 151 Å². The van der Waals surface area contributed by atoms with Crippen molar-refractivity contribution in [1.29, 1.82) is 0 Å². The van der Waals surface area contributed by atoms with Crippen molar-refractivity contribution in [2.45, 2.75) is 52.4 Å². The largest absolute Gasteiger partial charge is 0.434 e. The summed E-state index contributed by atoms with van der Waals surface area (Å²) in [5.41, 5.74) is -0.822. The fourth-order valence-electron chi connectivity index (χ4n) is 2.48. The van der Waals surface area contributed by atoms with E-state index in [-0.39, 0.29) is 0 Å². The van der Waals surface area contributed by atoms with E-state index in [2.05, 4.69) is 53.2 Å². The highest BCUT2D eigenvalue weighted by Gasteiger charge is 2.33. The van der Waals surface area contributed by atoms with Crippen LogP contribution in [0, 0.1) is 0 Å². The molecule has 0 amide bonds. The molecule has 1 rings (SSSR count). The molecule has 1 aromatic rings. The summed E-state index contributed by atoms with van der Waals surface area (Å²) in [7, 11) is 1.67. The number of nitrogens with zero attached hydrogens (tertiary/aromatic N) is 3. The molecule has 144 valence electrons. The summed E-state index contributed by atoms with van der Waals surface area (Å²) in [4.78, 5) is 10.1. The van der Waals surface area contributed by atoms with Crippen LogP contribution in [0.5, 0.6) is 0 Å². The van der Waals surface area contributed by atoms with E-state index in [0.717, 1.165) is 29.8 Å². The van der Waals surface area contributed by atoms with Crippen LogP contribution in [0.25, 0.3) is 0 Å². The third-order valence-corrected chi connectivity index (χ3v) is 4.59. The first kappa shape index (κ1) is 21.7. The molecule has 0 aromatic carbocycles. The highest BCUT2D eigenvalue weighted by atomic mass is 32.1. The first-order valence-electron chi connectivity index (χ1n) is 8.37. The molecule has 0 unspecified atom stereocenters. The van der Waals surface area contributed by atoms with Gasteiger partial charge < -0.3 is 10.6 Å². The quantitative estimate of drug-likeness (QED) is 0.539. The second-order valence-electron chi connectivity index (χ2n) is 6.23. The van der Waals surface area contributed by atoms with Crippen LogP contribution >= 0.6 is 11.3 Å². The van der Waals surface area contributed by atoms with E-state index in [1.165, 1.54) is 0 Å². The SMILES string of the molecule is CN=C(NCCc1nc(C(F)(F)F)cs1)NCCN(C(C)C)C(C)C. The fraction of sp³-hybridized carbons (Fsp3) is 0.750. The lowest BCUT2D eigenvalue weighted by molar-refractivity contribution is -0.140. The van der Waals surface area contributed by atoms with Gasteiger partial charge in [0.15, 0.2) is 11.7 Å². The maximum absolute atomic E-state index is 12.5. The topological polar surface area (TPSA) is 52.6 Å². The van der Waals surface area contributed by atoms with Crippen LogP contribution in [0.15, 0.2) is 10.4 Å². The van der Waals surface area contributed by atoms with E-state index in [1.807, 2.05) is 0 Å². The van der Waals surface area contributed by atoms with E-state index < -0.39 is 11.9 Å². The zero-order valence-electron chi connectivity index (χ0n) is 15.4. The maximum Gasteiger partial charge on any atom is 0.434 e. The molecule has 0 atom stereocenters. The number of aromatic nitrogens is 1. The molecular weight excluding hydrogens is 351 g/mol. The van der Waals surface area contributed by atoms with Crippen molar-refractivity contribution in [1.82, 2.24) is 20.5 Å². The molecule has 0 aliphatic carbocycles. The average Bonchev–Trinajstić information content (AvgIpc) is 2.97. The van der Waals surface area contributed by atoms with E-state index >= 15 is 0 Å². The van der Waals surface area contributed by atoms with Crippen molar-refractivity contribution in [2.24, 2.45) is 4.99 Å². The van der Waals surface area contributed by atoms with Gasteiger partial charge in [0.05, 0.1) is 5.01 Å². The summed E-state index contributed by atoms with van der Waals surface area (Å²) in [5, 5.41) is 7.84. The Hall–Kier alpha value is -1.35. The fourth-order valence-corrected chi connectivity index (χ4v) is 3.29. The Morgan fingerprint density at radius 1 is 1.20 bits per heavy atom. The van der Waals surface area contributed by atoms with Crippen molar-refractivity contribution >= 4 is 17.3 Å². The number of guanidine groups is 1. The molecule has 0 spiro atoms. The summed E-state index contributed by atoms with van der Waals surface area (Å²) >= 11 is 1.03. The Balaban J connectivity index is 2.36. The van der Waals surface area contributed by atoms with Gasteiger partial charge in [-0.1, -0.05) is 0 Å². The van der Waals surface area contributed by atoms with Crippen LogP contribution in [0.4, 0.5) is 13.2 Å². The van der Waals surface area contributed by atoms with Gasteiger partial charge in [0.2, 0.25) is 0 Å². The molecule has 9 heteroatoms. The van der Waals surface area contributed by atoms with Crippen LogP contribution in [0.3, 0.4) is 0 Å². The number of rotatable bonds is 8. The third kappa shape index (κ3) is 7.60. The van der Waals surface area contributed by atoms with Crippen LogP contribution in [-0.4, -0.2) is 54.6 Å². The summed E-state index contributed by atoms with van der Waals surface area (Å²) in [6.07, 6.45) is -3.95. The first-order chi connectivity index (χ1) is 11.6. The summed E-state index contributed by atoms with van der Waals surface area (Å²) in [5.74, 6) is 0.639. The van der Waals surface area contributed by atoms with E-state index in [9.17, 15) is 13.2 Å². The van der Waals surface area contributed by atoms with Gasteiger partial charge in [0.1, 0.15) is 0 Å². The van der Waals surface area contributed by atoms with Crippen molar-refractivity contribution in [2.75, 3.05) is 26.7 Å². The van der Waals surface area contributed by atoms with Crippen LogP contribution in [-0.2, 0) is 12.6 Å². The Morgan fingerprint density at radius 2 is 1.80 bits per heavy atom. The zero-order chi connectivity index (χ0) is 19.0. The van der Waals surface area contributed by atoms with Crippen molar-refractivity contribution in [3.05, 3.63) is 16.1 Å². The maximum atomic E-state index is 12.5. The molecule has 0 aliphatic heterocycles. The number of thiazole rings is 1. The van der Waals surface area contributed by atoms with E-state index in [4.69, 9.17) is 0 Å². The van der Waals surface area contributed by atoms with Crippen molar-refractivity contribution in [3.63, 3.8) is 0 Å². The van der Waals surface area contributed by atoms with Gasteiger partial charge in [-0.15, -0.1) is 11.3 Å². The number of hydrogen-bond donors (Lipinski definition) is 2. The molecule has 0 bridgehead atoms. The van der Waals surface area contributed by atoms with Crippen LogP contribution in [0.1, 0.15) is 38.4 Å². The monoisotopic (exact) mass is 379 g/mol. The molecule has 0 saturated heterocycles. The summed E-state index contributed by atoms with van der Waals surface area (Å²) < 4.78 is 37.6. The minimum absolute atomic E-state index is 0.422. The Kier molecular flexibility index (Phi) is 8.64. The Bertz CT molecular complexity index is 532. The number of alkyl halides is 3. The second-order valence-corrected chi connectivity index (χ2v) is 7.17. The predicted molar refractivity (Wildman–Crippen MR) is 97.2 cm³/mol. The van der Waals surface area contributed by atoms with Crippen molar-refractivity contribution < 1.29 is 13.2 Å². The van der Waals surface area contributed by atoms with Gasteiger partial charge in [-0.2, -0.15) is 13.2 Å². The van der Waals surface area contributed by atoms with Gasteiger partial charge in [-0.05, 0) is 27.7 Å². The van der Waals surface area contributed by atoms with E-state index in [1.54, 1.807) is 7.05 Å². The molecule has 0 radical (unpaired) electrons. The molecule has 5 nitrogen and oxygen atoms in total. The number of aliphatic imine (C=N–C) groups is 1. The van der Waals surface area contributed by atoms with Gasteiger partial charge in [-0.25, -0.2) is 4.98 Å². The molecule has 0 fully saturated rings. The molecule has 1 heterocycles.